The van der Waals surface area contributed by atoms with Crippen LogP contribution in [0.25, 0.3) is 5.69 Å². The number of hydrogen-bond acceptors (Lipinski definition) is 7. The first-order valence-electron chi connectivity index (χ1n) is 7.85. The van der Waals surface area contributed by atoms with Crippen LogP contribution in [-0.2, 0) is 10.2 Å². The van der Waals surface area contributed by atoms with Crippen molar-refractivity contribution in [2.24, 2.45) is 0 Å². The van der Waals surface area contributed by atoms with Crippen LogP contribution >= 0.6 is 0 Å². The van der Waals surface area contributed by atoms with Crippen molar-refractivity contribution in [3.05, 3.63) is 54.2 Å². The van der Waals surface area contributed by atoms with E-state index in [4.69, 9.17) is 9.26 Å². The van der Waals surface area contributed by atoms with Gasteiger partial charge in [0.2, 0.25) is 0 Å². The fourth-order valence-electron chi connectivity index (χ4n) is 2.08. The SMILES string of the molecule is CC(OC(=O)c1ccc(-n2cncn2)cc1)c1nc(C(C)(C)C)no1. The maximum Gasteiger partial charge on any atom is 0.338 e. The molecule has 3 rings (SSSR count). The second kappa shape index (κ2) is 6.46. The van der Waals surface area contributed by atoms with Gasteiger partial charge in [0.25, 0.3) is 5.89 Å². The van der Waals surface area contributed by atoms with E-state index in [0.717, 1.165) is 5.69 Å². The zero-order valence-corrected chi connectivity index (χ0v) is 14.5. The second-order valence-corrected chi connectivity index (χ2v) is 6.64. The Labute approximate surface area is 144 Å². The minimum Gasteiger partial charge on any atom is -0.449 e. The molecule has 0 bridgehead atoms. The molecule has 0 amide bonds. The standard InChI is InChI=1S/C17H19N5O3/c1-11(14-20-16(21-25-14)17(2,3)4)24-15(23)12-5-7-13(8-6-12)22-10-18-9-19-22/h5-11H,1-4H3. The molecule has 0 aliphatic heterocycles. The van der Waals surface area contributed by atoms with E-state index in [1.807, 2.05) is 20.8 Å². The first-order valence-corrected chi connectivity index (χ1v) is 7.85. The molecule has 1 atom stereocenters. The normalized spacial score (nSPS) is 12.8. The molecule has 0 spiro atoms. The number of aromatic nitrogens is 5. The molecule has 0 aliphatic rings. The monoisotopic (exact) mass is 341 g/mol. The lowest BCUT2D eigenvalue weighted by atomic mass is 9.96. The summed E-state index contributed by atoms with van der Waals surface area (Å²) in [6, 6.07) is 6.86. The van der Waals surface area contributed by atoms with Gasteiger partial charge in [-0.05, 0) is 31.2 Å². The molecule has 2 heterocycles. The summed E-state index contributed by atoms with van der Waals surface area (Å²) in [5.74, 6) is 0.383. The van der Waals surface area contributed by atoms with Crippen LogP contribution in [0, 0.1) is 0 Å². The summed E-state index contributed by atoms with van der Waals surface area (Å²) < 4.78 is 12.2. The van der Waals surface area contributed by atoms with Crippen LogP contribution in [-0.4, -0.2) is 30.9 Å². The number of carbonyl (C=O) groups is 1. The maximum absolute atomic E-state index is 12.3. The molecule has 8 nitrogen and oxygen atoms in total. The molecule has 0 aliphatic carbocycles. The average Bonchev–Trinajstić information content (AvgIpc) is 3.26. The quantitative estimate of drug-likeness (QED) is 0.673. The summed E-state index contributed by atoms with van der Waals surface area (Å²) in [6.07, 6.45) is 2.39. The van der Waals surface area contributed by atoms with Crippen molar-refractivity contribution in [1.29, 1.82) is 0 Å². The van der Waals surface area contributed by atoms with Crippen LogP contribution in [0.2, 0.25) is 0 Å². The topological polar surface area (TPSA) is 95.9 Å². The fraction of sp³-hybridized carbons (Fsp3) is 0.353. The van der Waals surface area contributed by atoms with Crippen LogP contribution in [0.1, 0.15) is 55.9 Å². The molecule has 0 saturated carbocycles. The lowest BCUT2D eigenvalue weighted by molar-refractivity contribution is 0.0265. The Morgan fingerprint density at radius 3 is 2.52 bits per heavy atom. The first-order chi connectivity index (χ1) is 11.8. The van der Waals surface area contributed by atoms with E-state index in [2.05, 4.69) is 20.2 Å². The largest absolute Gasteiger partial charge is 0.449 e. The van der Waals surface area contributed by atoms with E-state index in [-0.39, 0.29) is 11.3 Å². The zero-order valence-electron chi connectivity index (χ0n) is 14.5. The van der Waals surface area contributed by atoms with Crippen molar-refractivity contribution in [3.63, 3.8) is 0 Å². The molecule has 0 radical (unpaired) electrons. The third-order valence-electron chi connectivity index (χ3n) is 3.53. The summed E-state index contributed by atoms with van der Waals surface area (Å²) in [5.41, 5.74) is 0.989. The maximum atomic E-state index is 12.3. The van der Waals surface area contributed by atoms with Gasteiger partial charge in [-0.1, -0.05) is 25.9 Å². The number of nitrogens with zero attached hydrogens (tertiary/aromatic N) is 5. The van der Waals surface area contributed by atoms with E-state index in [1.54, 1.807) is 42.2 Å². The molecule has 1 unspecified atom stereocenters. The highest BCUT2D eigenvalue weighted by Gasteiger charge is 2.25. The van der Waals surface area contributed by atoms with Gasteiger partial charge in [0.1, 0.15) is 12.7 Å². The molecular weight excluding hydrogens is 322 g/mol. The molecule has 2 aromatic heterocycles. The van der Waals surface area contributed by atoms with Gasteiger partial charge in [0.05, 0.1) is 11.3 Å². The smallest absolute Gasteiger partial charge is 0.338 e. The Morgan fingerprint density at radius 2 is 1.96 bits per heavy atom. The Hall–Kier alpha value is -3.03. The lowest BCUT2D eigenvalue weighted by Crippen LogP contribution is -2.14. The van der Waals surface area contributed by atoms with Gasteiger partial charge in [0.15, 0.2) is 11.9 Å². The van der Waals surface area contributed by atoms with E-state index in [9.17, 15) is 4.79 Å². The number of carbonyl (C=O) groups excluding carboxylic acids is 1. The fourth-order valence-corrected chi connectivity index (χ4v) is 2.08. The number of ether oxygens (including phenoxy) is 1. The number of benzene rings is 1. The van der Waals surface area contributed by atoms with Gasteiger partial charge >= 0.3 is 5.97 Å². The van der Waals surface area contributed by atoms with Crippen molar-refractivity contribution >= 4 is 5.97 Å². The first kappa shape index (κ1) is 16.8. The van der Waals surface area contributed by atoms with Crippen LogP contribution in [0.3, 0.4) is 0 Å². The number of esters is 1. The summed E-state index contributed by atoms with van der Waals surface area (Å²) >= 11 is 0. The van der Waals surface area contributed by atoms with E-state index >= 15 is 0 Å². The summed E-state index contributed by atoms with van der Waals surface area (Å²) in [5, 5.41) is 7.97. The zero-order chi connectivity index (χ0) is 18.0. The molecule has 0 N–H and O–H groups in total. The van der Waals surface area contributed by atoms with Gasteiger partial charge in [-0.15, -0.1) is 0 Å². The second-order valence-electron chi connectivity index (χ2n) is 6.64. The molecule has 0 fully saturated rings. The van der Waals surface area contributed by atoms with Gasteiger partial charge in [-0.3, -0.25) is 0 Å². The van der Waals surface area contributed by atoms with Gasteiger partial charge in [-0.25, -0.2) is 14.5 Å². The Kier molecular flexibility index (Phi) is 4.35. The molecule has 130 valence electrons. The number of hydrogen-bond donors (Lipinski definition) is 0. The van der Waals surface area contributed by atoms with Crippen LogP contribution < -0.4 is 0 Å². The Bertz CT molecular complexity index is 847. The third kappa shape index (κ3) is 3.73. The van der Waals surface area contributed by atoms with Crippen LogP contribution in [0.5, 0.6) is 0 Å². The third-order valence-corrected chi connectivity index (χ3v) is 3.53. The van der Waals surface area contributed by atoms with Gasteiger partial charge in [0, 0.05) is 5.41 Å². The van der Waals surface area contributed by atoms with Gasteiger partial charge < -0.3 is 9.26 Å². The molecule has 8 heteroatoms. The molecular formula is C17H19N5O3. The lowest BCUT2D eigenvalue weighted by Gasteiger charge is -2.12. The predicted octanol–water partition coefficient (Wildman–Crippen LogP) is 2.87. The minimum absolute atomic E-state index is 0.233. The van der Waals surface area contributed by atoms with E-state index < -0.39 is 12.1 Å². The molecule has 1 aromatic carbocycles. The average molecular weight is 341 g/mol. The Morgan fingerprint density at radius 1 is 1.24 bits per heavy atom. The van der Waals surface area contributed by atoms with Crippen LogP contribution in [0.4, 0.5) is 0 Å². The highest BCUT2D eigenvalue weighted by atomic mass is 16.6. The highest BCUT2D eigenvalue weighted by Crippen LogP contribution is 2.23. The van der Waals surface area contributed by atoms with E-state index in [0.29, 0.717) is 11.4 Å². The molecule has 0 saturated heterocycles. The van der Waals surface area contributed by atoms with E-state index in [1.165, 1.54) is 6.33 Å². The Balaban J connectivity index is 1.68. The highest BCUT2D eigenvalue weighted by molar-refractivity contribution is 5.89. The molecule has 3 aromatic rings. The van der Waals surface area contributed by atoms with Crippen LogP contribution in [0.15, 0.2) is 41.4 Å². The summed E-state index contributed by atoms with van der Waals surface area (Å²) in [7, 11) is 0. The summed E-state index contributed by atoms with van der Waals surface area (Å²) in [6.45, 7) is 7.64. The van der Waals surface area contributed by atoms with Crippen molar-refractivity contribution in [3.8, 4) is 5.69 Å². The van der Waals surface area contributed by atoms with Crippen molar-refractivity contribution < 1.29 is 14.1 Å². The van der Waals surface area contributed by atoms with Crippen molar-refractivity contribution in [2.75, 3.05) is 0 Å². The van der Waals surface area contributed by atoms with Crippen molar-refractivity contribution in [1.82, 2.24) is 24.9 Å². The van der Waals surface area contributed by atoms with Gasteiger partial charge in [-0.2, -0.15) is 10.1 Å². The summed E-state index contributed by atoms with van der Waals surface area (Å²) in [4.78, 5) is 20.5. The predicted molar refractivity (Wildman–Crippen MR) is 88.2 cm³/mol. The van der Waals surface area contributed by atoms with Crippen molar-refractivity contribution in [2.45, 2.75) is 39.2 Å². The molecule has 25 heavy (non-hydrogen) atoms. The number of rotatable bonds is 4. The minimum atomic E-state index is -0.633.